The number of carbonyl (C=O) groups is 1. The number of piperazine rings is 1. The first-order valence-corrected chi connectivity index (χ1v) is 5.33. The molecule has 13 heavy (non-hydrogen) atoms. The van der Waals surface area contributed by atoms with Crippen molar-refractivity contribution in [1.29, 1.82) is 0 Å². The van der Waals surface area contributed by atoms with Gasteiger partial charge in [-0.1, -0.05) is 32.6 Å². The topological polar surface area (TPSA) is 41.1 Å². The van der Waals surface area contributed by atoms with Gasteiger partial charge in [0.2, 0.25) is 5.91 Å². The van der Waals surface area contributed by atoms with Crippen molar-refractivity contribution in [3.63, 3.8) is 0 Å². The van der Waals surface area contributed by atoms with Crippen LogP contribution < -0.4 is 10.6 Å². The summed E-state index contributed by atoms with van der Waals surface area (Å²) in [6.45, 7) is 3.65. The smallest absolute Gasteiger partial charge is 0.234 e. The van der Waals surface area contributed by atoms with E-state index in [1.807, 2.05) is 0 Å². The number of amides is 1. The van der Waals surface area contributed by atoms with Gasteiger partial charge in [0.05, 0.1) is 6.54 Å². The van der Waals surface area contributed by atoms with Gasteiger partial charge < -0.3 is 10.6 Å². The van der Waals surface area contributed by atoms with Crippen LogP contribution in [0.5, 0.6) is 0 Å². The summed E-state index contributed by atoms with van der Waals surface area (Å²) in [7, 11) is 0. The Hall–Kier alpha value is -0.570. The second-order valence-electron chi connectivity index (χ2n) is 3.74. The van der Waals surface area contributed by atoms with Crippen LogP contribution in [-0.4, -0.2) is 25.0 Å². The first-order chi connectivity index (χ1) is 6.33. The van der Waals surface area contributed by atoms with E-state index < -0.39 is 0 Å². The van der Waals surface area contributed by atoms with Crippen molar-refractivity contribution in [2.24, 2.45) is 0 Å². The first kappa shape index (κ1) is 10.5. The highest BCUT2D eigenvalue weighted by atomic mass is 16.2. The van der Waals surface area contributed by atoms with E-state index in [0.717, 1.165) is 13.0 Å². The molecule has 0 radical (unpaired) electrons. The van der Waals surface area contributed by atoms with Crippen molar-refractivity contribution < 1.29 is 4.79 Å². The van der Waals surface area contributed by atoms with E-state index >= 15 is 0 Å². The molecule has 0 aromatic carbocycles. The zero-order valence-corrected chi connectivity index (χ0v) is 8.44. The molecule has 1 rings (SSSR count). The van der Waals surface area contributed by atoms with Crippen molar-refractivity contribution in [2.45, 2.75) is 45.1 Å². The Balaban J connectivity index is 2.03. The maximum Gasteiger partial charge on any atom is 0.234 e. The van der Waals surface area contributed by atoms with Crippen LogP contribution in [0.1, 0.15) is 39.0 Å². The van der Waals surface area contributed by atoms with Crippen LogP contribution in [0.25, 0.3) is 0 Å². The number of hydrogen-bond donors (Lipinski definition) is 2. The lowest BCUT2D eigenvalue weighted by molar-refractivity contribution is -0.122. The highest BCUT2D eigenvalue weighted by Crippen LogP contribution is 2.06. The molecule has 1 aliphatic heterocycles. The van der Waals surface area contributed by atoms with E-state index in [1.165, 1.54) is 25.7 Å². The number of rotatable bonds is 5. The summed E-state index contributed by atoms with van der Waals surface area (Å²) < 4.78 is 0. The summed E-state index contributed by atoms with van der Waals surface area (Å²) in [5.74, 6) is 0.145. The van der Waals surface area contributed by atoms with Gasteiger partial charge in [0.1, 0.15) is 0 Å². The minimum absolute atomic E-state index is 0.145. The van der Waals surface area contributed by atoms with Crippen molar-refractivity contribution >= 4 is 5.91 Å². The Morgan fingerprint density at radius 2 is 2.23 bits per heavy atom. The Labute approximate surface area is 80.3 Å². The second kappa shape index (κ2) is 5.97. The minimum Gasteiger partial charge on any atom is -0.351 e. The van der Waals surface area contributed by atoms with E-state index in [9.17, 15) is 4.79 Å². The lowest BCUT2D eigenvalue weighted by atomic mass is 10.1. The van der Waals surface area contributed by atoms with Gasteiger partial charge >= 0.3 is 0 Å². The maximum atomic E-state index is 11.0. The zero-order chi connectivity index (χ0) is 9.52. The van der Waals surface area contributed by atoms with Crippen molar-refractivity contribution in [1.82, 2.24) is 10.6 Å². The number of nitrogens with one attached hydrogen (secondary N) is 2. The van der Waals surface area contributed by atoms with Gasteiger partial charge in [0.25, 0.3) is 0 Å². The highest BCUT2D eigenvalue weighted by Gasteiger charge is 2.16. The van der Waals surface area contributed by atoms with E-state index in [2.05, 4.69) is 17.6 Å². The monoisotopic (exact) mass is 184 g/mol. The zero-order valence-electron chi connectivity index (χ0n) is 8.44. The molecular formula is C10H20N2O. The summed E-state index contributed by atoms with van der Waals surface area (Å²) in [6, 6.07) is 0.373. The Bertz CT molecular complexity index is 159. The van der Waals surface area contributed by atoms with Gasteiger partial charge in [0.15, 0.2) is 0 Å². The van der Waals surface area contributed by atoms with Crippen LogP contribution in [0.15, 0.2) is 0 Å². The van der Waals surface area contributed by atoms with E-state index in [0.29, 0.717) is 12.6 Å². The van der Waals surface area contributed by atoms with Crippen molar-refractivity contribution in [2.75, 3.05) is 13.1 Å². The fraction of sp³-hybridized carbons (Fsp3) is 0.900. The van der Waals surface area contributed by atoms with Gasteiger partial charge in [-0.15, -0.1) is 0 Å². The molecule has 1 amide bonds. The van der Waals surface area contributed by atoms with Crippen LogP contribution in [0.3, 0.4) is 0 Å². The van der Waals surface area contributed by atoms with Gasteiger partial charge in [-0.3, -0.25) is 4.79 Å². The normalized spacial score (nSPS) is 22.8. The molecule has 0 bridgehead atoms. The molecule has 0 aliphatic carbocycles. The largest absolute Gasteiger partial charge is 0.351 e. The van der Waals surface area contributed by atoms with E-state index in [1.54, 1.807) is 0 Å². The predicted octanol–water partition coefficient (Wildman–Crippen LogP) is 1.04. The van der Waals surface area contributed by atoms with Crippen LogP contribution in [0.2, 0.25) is 0 Å². The standard InChI is InChI=1S/C10H20N2O/c1-2-3-4-5-6-9-7-11-8-10(13)12-9/h9,11H,2-8H2,1H3,(H,12,13). The average molecular weight is 184 g/mol. The molecule has 0 spiro atoms. The predicted molar refractivity (Wildman–Crippen MR) is 53.6 cm³/mol. The van der Waals surface area contributed by atoms with Gasteiger partial charge in [0, 0.05) is 12.6 Å². The average Bonchev–Trinajstić information content (AvgIpc) is 2.13. The molecule has 0 saturated carbocycles. The quantitative estimate of drug-likeness (QED) is 0.627. The fourth-order valence-corrected chi connectivity index (χ4v) is 1.68. The van der Waals surface area contributed by atoms with Crippen molar-refractivity contribution in [3.8, 4) is 0 Å². The lowest BCUT2D eigenvalue weighted by Crippen LogP contribution is -2.51. The fourth-order valence-electron chi connectivity index (χ4n) is 1.68. The van der Waals surface area contributed by atoms with Crippen molar-refractivity contribution in [3.05, 3.63) is 0 Å². The summed E-state index contributed by atoms with van der Waals surface area (Å²) in [5, 5.41) is 6.11. The molecule has 0 aromatic heterocycles. The second-order valence-corrected chi connectivity index (χ2v) is 3.74. The van der Waals surface area contributed by atoms with Gasteiger partial charge in [-0.25, -0.2) is 0 Å². The molecule has 1 saturated heterocycles. The van der Waals surface area contributed by atoms with Crippen LogP contribution in [-0.2, 0) is 4.79 Å². The Morgan fingerprint density at radius 3 is 2.92 bits per heavy atom. The number of hydrogen-bond acceptors (Lipinski definition) is 2. The lowest BCUT2D eigenvalue weighted by Gasteiger charge is -2.23. The minimum atomic E-state index is 0.145. The van der Waals surface area contributed by atoms with Crippen LogP contribution >= 0.6 is 0 Å². The molecule has 2 N–H and O–H groups in total. The van der Waals surface area contributed by atoms with Crippen LogP contribution in [0, 0.1) is 0 Å². The first-order valence-electron chi connectivity index (χ1n) is 5.33. The van der Waals surface area contributed by atoms with Gasteiger partial charge in [-0.05, 0) is 6.42 Å². The third-order valence-electron chi connectivity index (χ3n) is 2.45. The molecule has 76 valence electrons. The summed E-state index contributed by atoms with van der Waals surface area (Å²) in [4.78, 5) is 11.0. The van der Waals surface area contributed by atoms with E-state index in [-0.39, 0.29) is 5.91 Å². The third kappa shape index (κ3) is 4.27. The molecular weight excluding hydrogens is 164 g/mol. The highest BCUT2D eigenvalue weighted by molar-refractivity contribution is 5.79. The summed E-state index contributed by atoms with van der Waals surface area (Å²) in [6.07, 6.45) is 6.24. The number of carbonyl (C=O) groups excluding carboxylic acids is 1. The molecule has 1 aliphatic rings. The molecule has 1 heterocycles. The Kier molecular flexibility index (Phi) is 4.83. The number of unbranched alkanes of at least 4 members (excludes halogenated alkanes) is 3. The molecule has 1 fully saturated rings. The molecule has 1 atom stereocenters. The SMILES string of the molecule is CCCCCCC1CNCC(=O)N1. The third-order valence-corrected chi connectivity index (χ3v) is 2.45. The molecule has 0 aromatic rings. The van der Waals surface area contributed by atoms with Gasteiger partial charge in [-0.2, -0.15) is 0 Å². The molecule has 3 heteroatoms. The van der Waals surface area contributed by atoms with Crippen LogP contribution in [0.4, 0.5) is 0 Å². The molecule has 1 unspecified atom stereocenters. The maximum absolute atomic E-state index is 11.0. The summed E-state index contributed by atoms with van der Waals surface area (Å²) >= 11 is 0. The Morgan fingerprint density at radius 1 is 1.38 bits per heavy atom. The summed E-state index contributed by atoms with van der Waals surface area (Å²) in [5.41, 5.74) is 0. The molecule has 3 nitrogen and oxygen atoms in total. The van der Waals surface area contributed by atoms with E-state index in [4.69, 9.17) is 0 Å².